The maximum Gasteiger partial charge on any atom is 0.149 e. The van der Waals surface area contributed by atoms with Crippen molar-refractivity contribution in [1.82, 2.24) is 10.2 Å². The summed E-state index contributed by atoms with van der Waals surface area (Å²) >= 11 is 0. The fourth-order valence-corrected chi connectivity index (χ4v) is 4.92. The van der Waals surface area contributed by atoms with Crippen molar-refractivity contribution < 1.29 is 8.78 Å². The van der Waals surface area contributed by atoms with Gasteiger partial charge in [0, 0.05) is 44.3 Å². The van der Waals surface area contributed by atoms with Crippen LogP contribution < -0.4 is 5.32 Å². The van der Waals surface area contributed by atoms with Crippen LogP contribution in [0.1, 0.15) is 43.7 Å². The number of allylic oxidation sites excluding steroid dienone is 7. The summed E-state index contributed by atoms with van der Waals surface area (Å²) < 4.78 is 29.8. The molecule has 1 unspecified atom stereocenters. The van der Waals surface area contributed by atoms with Crippen molar-refractivity contribution in [3.8, 4) is 0 Å². The largest absolute Gasteiger partial charge is 0.383 e. The highest BCUT2D eigenvalue weighted by Gasteiger charge is 2.26. The summed E-state index contributed by atoms with van der Waals surface area (Å²) in [6.07, 6.45) is 13.7. The van der Waals surface area contributed by atoms with Crippen LogP contribution in [0.5, 0.6) is 0 Å². The van der Waals surface area contributed by atoms with Crippen LogP contribution in [0.25, 0.3) is 5.57 Å². The normalized spacial score (nSPS) is 23.1. The second kappa shape index (κ2) is 9.95. The van der Waals surface area contributed by atoms with Gasteiger partial charge in [-0.2, -0.15) is 0 Å². The number of halogens is 2. The molecule has 1 saturated heterocycles. The van der Waals surface area contributed by atoms with Crippen molar-refractivity contribution in [3.63, 3.8) is 0 Å². The van der Waals surface area contributed by atoms with E-state index in [0.717, 1.165) is 49.2 Å². The van der Waals surface area contributed by atoms with Gasteiger partial charge in [-0.25, -0.2) is 8.78 Å². The highest BCUT2D eigenvalue weighted by atomic mass is 19.1. The number of hydrogen-bond donors (Lipinski definition) is 1. The average molecular weight is 438 g/mol. The minimum absolute atomic E-state index is 0.209. The lowest BCUT2D eigenvalue weighted by atomic mass is 9.83. The summed E-state index contributed by atoms with van der Waals surface area (Å²) in [6, 6.07) is 3.50. The third-order valence-corrected chi connectivity index (χ3v) is 6.45. The van der Waals surface area contributed by atoms with Gasteiger partial charge < -0.3 is 10.2 Å². The maximum absolute atomic E-state index is 15.5. The van der Waals surface area contributed by atoms with Crippen LogP contribution >= 0.6 is 0 Å². The number of fused-ring (bicyclic) bond motifs is 1. The molecule has 4 rings (SSSR count). The fourth-order valence-electron chi connectivity index (χ4n) is 4.92. The lowest BCUT2D eigenvalue weighted by Gasteiger charge is -2.29. The van der Waals surface area contributed by atoms with E-state index in [-0.39, 0.29) is 24.0 Å². The number of rotatable bonds is 4. The molecule has 0 aromatic heterocycles. The monoisotopic (exact) mass is 437 g/mol. The molecule has 0 saturated carbocycles. The molecule has 1 aromatic rings. The molecule has 32 heavy (non-hydrogen) atoms. The first kappa shape index (κ1) is 22.7. The maximum atomic E-state index is 15.5. The van der Waals surface area contributed by atoms with E-state index in [2.05, 4.69) is 24.4 Å². The zero-order chi connectivity index (χ0) is 22.7. The quantitative estimate of drug-likeness (QED) is 0.575. The third kappa shape index (κ3) is 5.09. The lowest BCUT2D eigenvalue weighted by Crippen LogP contribution is -2.34. The Labute approximate surface area is 190 Å². The van der Waals surface area contributed by atoms with Gasteiger partial charge in [0.1, 0.15) is 17.3 Å². The number of nitrogens with one attached hydrogen (secondary N) is 1. The van der Waals surface area contributed by atoms with Gasteiger partial charge in [-0.05, 0) is 85.3 Å². The highest BCUT2D eigenvalue weighted by molar-refractivity contribution is 5.93. The van der Waals surface area contributed by atoms with Gasteiger partial charge in [0.2, 0.25) is 0 Å². The van der Waals surface area contributed by atoms with Crippen molar-refractivity contribution in [2.45, 2.75) is 39.0 Å². The Morgan fingerprint density at radius 2 is 1.94 bits per heavy atom. The van der Waals surface area contributed by atoms with Gasteiger partial charge in [-0.3, -0.25) is 4.99 Å². The minimum Gasteiger partial charge on any atom is -0.383 e. The Morgan fingerprint density at radius 3 is 2.66 bits per heavy atom. The van der Waals surface area contributed by atoms with E-state index in [9.17, 15) is 4.39 Å². The van der Waals surface area contributed by atoms with E-state index in [1.54, 1.807) is 0 Å². The van der Waals surface area contributed by atoms with Gasteiger partial charge in [-0.1, -0.05) is 19.1 Å². The van der Waals surface area contributed by atoms with E-state index < -0.39 is 0 Å². The summed E-state index contributed by atoms with van der Waals surface area (Å²) in [6.45, 7) is 4.13. The van der Waals surface area contributed by atoms with E-state index in [1.807, 2.05) is 37.3 Å². The van der Waals surface area contributed by atoms with Gasteiger partial charge in [0.05, 0.1) is 0 Å². The molecule has 3 nitrogen and oxygen atoms in total. The van der Waals surface area contributed by atoms with Crippen molar-refractivity contribution in [2.75, 3.05) is 27.2 Å². The molecular weight excluding hydrogens is 404 g/mol. The molecule has 2 heterocycles. The Bertz CT molecular complexity index is 1010. The van der Waals surface area contributed by atoms with Crippen molar-refractivity contribution >= 4 is 17.0 Å². The fraction of sp³-hybridized carbons (Fsp3) is 0.444. The van der Waals surface area contributed by atoms with E-state index >= 15 is 4.39 Å². The van der Waals surface area contributed by atoms with E-state index in [0.29, 0.717) is 29.2 Å². The van der Waals surface area contributed by atoms with Crippen LogP contribution in [0.2, 0.25) is 0 Å². The van der Waals surface area contributed by atoms with Crippen LogP contribution in [0.15, 0.2) is 59.0 Å². The van der Waals surface area contributed by atoms with Crippen LogP contribution in [-0.4, -0.2) is 37.8 Å². The summed E-state index contributed by atoms with van der Waals surface area (Å²) in [5.41, 5.74) is 4.68. The first-order chi connectivity index (χ1) is 15.4. The molecule has 0 amide bonds. The highest BCUT2D eigenvalue weighted by Crippen LogP contribution is 2.36. The molecule has 3 aliphatic rings. The Morgan fingerprint density at radius 1 is 1.16 bits per heavy atom. The summed E-state index contributed by atoms with van der Waals surface area (Å²) in [5.74, 6) is 0.0991. The molecular formula is C27H33F2N3. The second-order valence-corrected chi connectivity index (χ2v) is 9.21. The molecule has 5 heteroatoms. The molecule has 1 N–H and O–H groups in total. The Balaban J connectivity index is 1.76. The molecule has 1 atom stereocenters. The van der Waals surface area contributed by atoms with Crippen LogP contribution in [0, 0.1) is 17.7 Å². The van der Waals surface area contributed by atoms with Gasteiger partial charge >= 0.3 is 0 Å². The molecule has 0 spiro atoms. The average Bonchev–Trinajstić information content (AvgIpc) is 2.74. The van der Waals surface area contributed by atoms with E-state index in [1.165, 1.54) is 12.1 Å². The third-order valence-electron chi connectivity index (χ3n) is 6.45. The molecule has 1 aromatic carbocycles. The van der Waals surface area contributed by atoms with E-state index in [4.69, 9.17) is 4.99 Å². The Hall–Kier alpha value is -2.53. The van der Waals surface area contributed by atoms with Crippen molar-refractivity contribution in [1.29, 1.82) is 0 Å². The van der Waals surface area contributed by atoms with Crippen LogP contribution in [0.3, 0.4) is 0 Å². The smallest absolute Gasteiger partial charge is 0.149 e. The summed E-state index contributed by atoms with van der Waals surface area (Å²) in [4.78, 5) is 6.86. The topological polar surface area (TPSA) is 27.6 Å². The summed E-state index contributed by atoms with van der Waals surface area (Å²) in [7, 11) is 3.82. The van der Waals surface area contributed by atoms with Gasteiger partial charge in [0.15, 0.2) is 0 Å². The number of nitrogens with zero attached hydrogens (tertiary/aromatic N) is 2. The number of piperidine rings is 1. The van der Waals surface area contributed by atoms with Crippen LogP contribution in [0.4, 0.5) is 14.5 Å². The minimum atomic E-state index is -0.326. The van der Waals surface area contributed by atoms with Crippen LogP contribution in [-0.2, 0) is 6.42 Å². The number of hydrogen-bond acceptors (Lipinski definition) is 3. The molecule has 170 valence electrons. The number of benzene rings is 1. The zero-order valence-corrected chi connectivity index (χ0v) is 19.3. The second-order valence-electron chi connectivity index (χ2n) is 9.21. The first-order valence-corrected chi connectivity index (χ1v) is 11.7. The molecule has 1 aliphatic carbocycles. The summed E-state index contributed by atoms with van der Waals surface area (Å²) in [5, 5.41) is 3.41. The lowest BCUT2D eigenvalue weighted by molar-refractivity contribution is 0.446. The predicted molar refractivity (Wildman–Crippen MR) is 129 cm³/mol. The Kier molecular flexibility index (Phi) is 7.04. The SMILES string of the molecule is CCC1C=CCc2cc(C3=C/C(=C/N(C)C)CC(F)=C3)cc(F)c2N=C1C1CCNCC1. The molecule has 0 radical (unpaired) electrons. The van der Waals surface area contributed by atoms with Crippen molar-refractivity contribution in [2.24, 2.45) is 16.8 Å². The molecule has 0 bridgehead atoms. The molecule has 1 fully saturated rings. The standard InChI is InChI=1S/C27H33F2N3/c1-4-19-6-5-7-21-14-23(22-12-18(17-32(2)3)13-24(28)15-22)16-25(29)27(21)31-26(19)20-8-10-30-11-9-20/h5-6,12,14-17,19-20,30H,4,7-11,13H2,1-3H3/b6-5?,18-17-,31-26?. The predicted octanol–water partition coefficient (Wildman–Crippen LogP) is 6.12. The zero-order valence-electron chi connectivity index (χ0n) is 19.3. The van der Waals surface area contributed by atoms with Crippen molar-refractivity contribution in [3.05, 3.63) is 71.0 Å². The van der Waals surface area contributed by atoms with Gasteiger partial charge in [0.25, 0.3) is 0 Å². The first-order valence-electron chi connectivity index (χ1n) is 11.7. The molecule has 2 aliphatic heterocycles. The van der Waals surface area contributed by atoms with Gasteiger partial charge in [-0.15, -0.1) is 0 Å². The number of aliphatic imine (C=N–C) groups is 1.